The minimum absolute atomic E-state index is 0.0282. The number of nitrogens with one attached hydrogen (secondary N) is 2. The van der Waals surface area contributed by atoms with Crippen LogP contribution in [0.5, 0.6) is 0 Å². The number of carbonyl (C=O) groups is 1. The summed E-state index contributed by atoms with van der Waals surface area (Å²) in [6.07, 6.45) is 1.01. The van der Waals surface area contributed by atoms with Crippen molar-refractivity contribution in [2.24, 2.45) is 0 Å². The molecule has 0 bridgehead atoms. The van der Waals surface area contributed by atoms with Crippen molar-refractivity contribution in [3.63, 3.8) is 0 Å². The molecular formula is C17H19FN2O. The van der Waals surface area contributed by atoms with E-state index in [2.05, 4.69) is 10.6 Å². The van der Waals surface area contributed by atoms with Crippen LogP contribution in [0.4, 0.5) is 10.1 Å². The molecule has 2 aromatic carbocycles. The fourth-order valence-electron chi connectivity index (χ4n) is 2.00. The standard InChI is InChI=1S/C17H19FN2O/c18-16-9-5-4-6-14(16)10-12-19-13-11-17(21)20-15-7-2-1-3-8-15/h1-9,19H,10-13H2,(H,20,21). The van der Waals surface area contributed by atoms with Crippen LogP contribution in [0.1, 0.15) is 12.0 Å². The Morgan fingerprint density at radius 2 is 1.67 bits per heavy atom. The maximum absolute atomic E-state index is 13.4. The van der Waals surface area contributed by atoms with Crippen molar-refractivity contribution in [3.8, 4) is 0 Å². The van der Waals surface area contributed by atoms with E-state index >= 15 is 0 Å². The first-order valence-corrected chi connectivity index (χ1v) is 7.05. The zero-order chi connectivity index (χ0) is 14.9. The van der Waals surface area contributed by atoms with Crippen LogP contribution in [-0.4, -0.2) is 19.0 Å². The van der Waals surface area contributed by atoms with Crippen LogP contribution in [0.15, 0.2) is 54.6 Å². The number of halogens is 1. The van der Waals surface area contributed by atoms with Crippen molar-refractivity contribution in [2.45, 2.75) is 12.8 Å². The highest BCUT2D eigenvalue weighted by molar-refractivity contribution is 5.90. The minimum Gasteiger partial charge on any atom is -0.326 e. The third kappa shape index (κ3) is 5.36. The van der Waals surface area contributed by atoms with Gasteiger partial charge in [0.2, 0.25) is 5.91 Å². The number of anilines is 1. The number of rotatable bonds is 7. The summed E-state index contributed by atoms with van der Waals surface area (Å²) >= 11 is 0. The molecular weight excluding hydrogens is 267 g/mol. The van der Waals surface area contributed by atoms with Crippen LogP contribution in [0.2, 0.25) is 0 Å². The fraction of sp³-hybridized carbons (Fsp3) is 0.235. The summed E-state index contributed by atoms with van der Waals surface area (Å²) in [6, 6.07) is 16.1. The smallest absolute Gasteiger partial charge is 0.225 e. The van der Waals surface area contributed by atoms with Gasteiger partial charge in [-0.2, -0.15) is 0 Å². The van der Waals surface area contributed by atoms with Crippen LogP contribution in [-0.2, 0) is 11.2 Å². The predicted octanol–water partition coefficient (Wildman–Crippen LogP) is 2.99. The van der Waals surface area contributed by atoms with E-state index < -0.39 is 0 Å². The molecule has 21 heavy (non-hydrogen) atoms. The van der Waals surface area contributed by atoms with Gasteiger partial charge in [0.1, 0.15) is 5.82 Å². The van der Waals surface area contributed by atoms with Crippen LogP contribution < -0.4 is 10.6 Å². The van der Waals surface area contributed by atoms with Gasteiger partial charge in [-0.3, -0.25) is 4.79 Å². The summed E-state index contributed by atoms with van der Waals surface area (Å²) in [5.41, 5.74) is 1.49. The average Bonchev–Trinajstić information content (AvgIpc) is 2.50. The Hall–Kier alpha value is -2.20. The lowest BCUT2D eigenvalue weighted by Gasteiger charge is -2.07. The molecule has 0 spiro atoms. The van der Waals surface area contributed by atoms with Crippen LogP contribution in [0.3, 0.4) is 0 Å². The zero-order valence-electron chi connectivity index (χ0n) is 11.8. The third-order valence-electron chi connectivity index (χ3n) is 3.12. The van der Waals surface area contributed by atoms with Crippen molar-refractivity contribution in [3.05, 3.63) is 66.0 Å². The van der Waals surface area contributed by atoms with Crippen LogP contribution in [0, 0.1) is 5.82 Å². The molecule has 2 rings (SSSR count). The van der Waals surface area contributed by atoms with Gasteiger partial charge in [0.15, 0.2) is 0 Å². The van der Waals surface area contributed by atoms with E-state index in [4.69, 9.17) is 0 Å². The summed E-state index contributed by atoms with van der Waals surface area (Å²) in [5, 5.41) is 5.97. The highest BCUT2D eigenvalue weighted by Gasteiger charge is 2.02. The molecule has 0 heterocycles. The topological polar surface area (TPSA) is 41.1 Å². The van der Waals surface area contributed by atoms with E-state index in [-0.39, 0.29) is 11.7 Å². The Labute approximate surface area is 124 Å². The summed E-state index contributed by atoms with van der Waals surface area (Å²) in [7, 11) is 0. The predicted molar refractivity (Wildman–Crippen MR) is 82.7 cm³/mol. The lowest BCUT2D eigenvalue weighted by atomic mass is 10.1. The minimum atomic E-state index is -0.180. The Morgan fingerprint density at radius 1 is 0.952 bits per heavy atom. The zero-order valence-corrected chi connectivity index (χ0v) is 11.8. The molecule has 1 amide bonds. The van der Waals surface area contributed by atoms with Gasteiger partial charge < -0.3 is 10.6 Å². The summed E-state index contributed by atoms with van der Waals surface area (Å²) in [5.74, 6) is -0.208. The molecule has 110 valence electrons. The van der Waals surface area contributed by atoms with Crippen molar-refractivity contribution in [1.82, 2.24) is 5.32 Å². The lowest BCUT2D eigenvalue weighted by molar-refractivity contribution is -0.116. The molecule has 3 nitrogen and oxygen atoms in total. The first kappa shape index (κ1) is 15.2. The van der Waals surface area contributed by atoms with Gasteiger partial charge >= 0.3 is 0 Å². The molecule has 0 unspecified atom stereocenters. The average molecular weight is 286 g/mol. The summed E-state index contributed by atoms with van der Waals surface area (Å²) < 4.78 is 13.4. The third-order valence-corrected chi connectivity index (χ3v) is 3.12. The number of benzene rings is 2. The molecule has 0 aromatic heterocycles. The van der Waals surface area contributed by atoms with Crippen LogP contribution >= 0.6 is 0 Å². The Balaban J connectivity index is 1.62. The molecule has 0 fully saturated rings. The molecule has 2 aromatic rings. The van der Waals surface area contributed by atoms with E-state index in [0.717, 1.165) is 5.69 Å². The summed E-state index contributed by atoms with van der Waals surface area (Å²) in [6.45, 7) is 1.23. The van der Waals surface area contributed by atoms with Crippen molar-refractivity contribution in [2.75, 3.05) is 18.4 Å². The number of carbonyl (C=O) groups excluding carboxylic acids is 1. The molecule has 0 aliphatic carbocycles. The second-order valence-electron chi connectivity index (χ2n) is 4.76. The SMILES string of the molecule is O=C(CCNCCc1ccccc1F)Nc1ccccc1. The van der Waals surface area contributed by atoms with Gasteiger partial charge in [0, 0.05) is 18.7 Å². The normalized spacial score (nSPS) is 10.3. The highest BCUT2D eigenvalue weighted by Crippen LogP contribution is 2.06. The number of hydrogen-bond acceptors (Lipinski definition) is 2. The van der Waals surface area contributed by atoms with E-state index in [1.54, 1.807) is 12.1 Å². The summed E-state index contributed by atoms with van der Waals surface area (Å²) in [4.78, 5) is 11.7. The van der Waals surface area contributed by atoms with Gasteiger partial charge in [0.05, 0.1) is 0 Å². The van der Waals surface area contributed by atoms with Gasteiger partial charge in [-0.1, -0.05) is 36.4 Å². The first-order valence-electron chi connectivity index (χ1n) is 7.05. The maximum atomic E-state index is 13.4. The lowest BCUT2D eigenvalue weighted by Crippen LogP contribution is -2.23. The molecule has 0 aliphatic heterocycles. The van der Waals surface area contributed by atoms with E-state index in [1.807, 2.05) is 36.4 Å². The maximum Gasteiger partial charge on any atom is 0.225 e. The second kappa shape index (κ2) is 8.17. The van der Waals surface area contributed by atoms with E-state index in [1.165, 1.54) is 6.07 Å². The number of hydrogen-bond donors (Lipinski definition) is 2. The fourth-order valence-corrected chi connectivity index (χ4v) is 2.00. The monoisotopic (exact) mass is 286 g/mol. The molecule has 0 aliphatic rings. The van der Waals surface area contributed by atoms with E-state index in [9.17, 15) is 9.18 Å². The van der Waals surface area contributed by atoms with Gasteiger partial charge in [-0.25, -0.2) is 4.39 Å². The van der Waals surface area contributed by atoms with Gasteiger partial charge in [-0.15, -0.1) is 0 Å². The van der Waals surface area contributed by atoms with Gasteiger partial charge in [0.25, 0.3) is 0 Å². The molecule has 0 saturated carbocycles. The molecule has 0 atom stereocenters. The molecule has 0 saturated heterocycles. The number of para-hydroxylation sites is 1. The molecule has 4 heteroatoms. The van der Waals surface area contributed by atoms with Crippen molar-refractivity contribution >= 4 is 11.6 Å². The quantitative estimate of drug-likeness (QED) is 0.768. The Kier molecular flexibility index (Phi) is 5.91. The Morgan fingerprint density at radius 3 is 2.43 bits per heavy atom. The first-order chi connectivity index (χ1) is 10.3. The highest BCUT2D eigenvalue weighted by atomic mass is 19.1. The molecule has 2 N–H and O–H groups in total. The largest absolute Gasteiger partial charge is 0.326 e. The Bertz CT molecular complexity index is 572. The second-order valence-corrected chi connectivity index (χ2v) is 4.76. The van der Waals surface area contributed by atoms with Crippen molar-refractivity contribution < 1.29 is 9.18 Å². The van der Waals surface area contributed by atoms with Crippen molar-refractivity contribution in [1.29, 1.82) is 0 Å². The van der Waals surface area contributed by atoms with Gasteiger partial charge in [-0.05, 0) is 36.7 Å². The van der Waals surface area contributed by atoms with E-state index in [0.29, 0.717) is 31.5 Å². The molecule has 0 radical (unpaired) electrons. The number of amides is 1. The van der Waals surface area contributed by atoms with Crippen LogP contribution in [0.25, 0.3) is 0 Å².